The Labute approximate surface area is 80.5 Å². The lowest BCUT2D eigenvalue weighted by molar-refractivity contribution is 0.283. The van der Waals surface area contributed by atoms with E-state index in [0.29, 0.717) is 0 Å². The van der Waals surface area contributed by atoms with Crippen molar-refractivity contribution in [3.63, 3.8) is 0 Å². The molecule has 1 saturated carbocycles. The molecule has 0 heterocycles. The summed E-state index contributed by atoms with van der Waals surface area (Å²) in [4.78, 5) is 0. The Bertz CT molecular complexity index is 125. The second-order valence-corrected chi connectivity index (χ2v) is 5.46. The highest BCUT2D eigenvalue weighted by molar-refractivity contribution is 7.99. The quantitative estimate of drug-likeness (QED) is 0.734. The summed E-state index contributed by atoms with van der Waals surface area (Å²) in [6.07, 6.45) is 4.24. The molecule has 3 unspecified atom stereocenters. The molecule has 0 aromatic carbocycles. The first-order valence-electron chi connectivity index (χ1n) is 5.05. The van der Waals surface area contributed by atoms with Crippen LogP contribution in [0.15, 0.2) is 0 Å². The van der Waals surface area contributed by atoms with Crippen LogP contribution in [0.1, 0.15) is 33.1 Å². The van der Waals surface area contributed by atoms with Crippen LogP contribution in [-0.4, -0.2) is 17.5 Å². The van der Waals surface area contributed by atoms with E-state index in [0.717, 1.165) is 29.4 Å². The molecule has 72 valence electrons. The number of nitrogens with two attached hydrogens (primary N) is 1. The van der Waals surface area contributed by atoms with Gasteiger partial charge < -0.3 is 5.73 Å². The summed E-state index contributed by atoms with van der Waals surface area (Å²) in [6.45, 7) is 5.61. The first kappa shape index (κ1) is 10.4. The zero-order valence-electron chi connectivity index (χ0n) is 8.25. The second kappa shape index (κ2) is 5.13. The van der Waals surface area contributed by atoms with Crippen LogP contribution in [0.2, 0.25) is 0 Å². The molecule has 2 N–H and O–H groups in total. The van der Waals surface area contributed by atoms with Crippen LogP contribution in [0.3, 0.4) is 0 Å². The van der Waals surface area contributed by atoms with E-state index in [2.05, 4.69) is 25.6 Å². The molecule has 2 heteroatoms. The van der Waals surface area contributed by atoms with Gasteiger partial charge in [0.1, 0.15) is 0 Å². The van der Waals surface area contributed by atoms with Crippen LogP contribution >= 0.6 is 11.8 Å². The van der Waals surface area contributed by atoms with Crippen LogP contribution < -0.4 is 5.73 Å². The van der Waals surface area contributed by atoms with Gasteiger partial charge in [-0.3, -0.25) is 0 Å². The van der Waals surface area contributed by atoms with E-state index < -0.39 is 0 Å². The average molecular weight is 187 g/mol. The first-order chi connectivity index (χ1) is 5.74. The van der Waals surface area contributed by atoms with E-state index in [9.17, 15) is 0 Å². The van der Waals surface area contributed by atoms with Crippen molar-refractivity contribution in [2.45, 2.75) is 38.4 Å². The van der Waals surface area contributed by atoms with Gasteiger partial charge in [0.15, 0.2) is 0 Å². The molecule has 1 fully saturated rings. The van der Waals surface area contributed by atoms with E-state index in [1.807, 2.05) is 0 Å². The third-order valence-electron chi connectivity index (χ3n) is 3.02. The fourth-order valence-electron chi connectivity index (χ4n) is 1.88. The number of rotatable bonds is 3. The molecule has 0 aromatic heterocycles. The van der Waals surface area contributed by atoms with Gasteiger partial charge in [-0.2, -0.15) is 11.8 Å². The Kier molecular flexibility index (Phi) is 4.44. The van der Waals surface area contributed by atoms with Gasteiger partial charge in [0.05, 0.1) is 0 Å². The number of thioether (sulfide) groups is 1. The fourth-order valence-corrected chi connectivity index (χ4v) is 3.10. The largest absolute Gasteiger partial charge is 0.330 e. The minimum Gasteiger partial charge on any atom is -0.330 e. The third kappa shape index (κ3) is 2.98. The fraction of sp³-hybridized carbons (Fsp3) is 1.00. The molecule has 0 aliphatic heterocycles. The average Bonchev–Trinajstić information content (AvgIpc) is 2.07. The first-order valence-corrected chi connectivity index (χ1v) is 6.10. The van der Waals surface area contributed by atoms with E-state index >= 15 is 0 Å². The van der Waals surface area contributed by atoms with E-state index in [4.69, 9.17) is 5.73 Å². The molecule has 0 bridgehead atoms. The maximum Gasteiger partial charge on any atom is 0.00586 e. The highest BCUT2D eigenvalue weighted by atomic mass is 32.2. The minimum atomic E-state index is 0.838. The Balaban J connectivity index is 2.21. The lowest BCUT2D eigenvalue weighted by Gasteiger charge is -2.31. The predicted molar refractivity (Wildman–Crippen MR) is 57.5 cm³/mol. The van der Waals surface area contributed by atoms with Crippen LogP contribution in [0.5, 0.6) is 0 Å². The molecule has 0 aromatic rings. The van der Waals surface area contributed by atoms with Crippen LogP contribution in [0.25, 0.3) is 0 Å². The van der Waals surface area contributed by atoms with Crippen molar-refractivity contribution in [1.82, 2.24) is 0 Å². The lowest BCUT2D eigenvalue weighted by atomic mass is 9.81. The van der Waals surface area contributed by atoms with Crippen molar-refractivity contribution in [1.29, 1.82) is 0 Å². The van der Waals surface area contributed by atoms with Crippen LogP contribution in [0.4, 0.5) is 0 Å². The normalized spacial score (nSPS) is 36.8. The van der Waals surface area contributed by atoms with Gasteiger partial charge in [-0.25, -0.2) is 0 Å². The highest BCUT2D eigenvalue weighted by Gasteiger charge is 2.24. The van der Waals surface area contributed by atoms with Gasteiger partial charge >= 0.3 is 0 Å². The molecule has 1 nitrogen and oxygen atoms in total. The van der Waals surface area contributed by atoms with Crippen molar-refractivity contribution in [3.8, 4) is 0 Å². The van der Waals surface area contributed by atoms with Crippen LogP contribution in [-0.2, 0) is 0 Å². The molecule has 3 atom stereocenters. The standard InChI is InChI=1S/C10H21NS/c1-8-3-4-10(7-9(8)2)12-6-5-11/h8-10H,3-7,11H2,1-2H3. The number of hydrogen-bond donors (Lipinski definition) is 1. The highest BCUT2D eigenvalue weighted by Crippen LogP contribution is 2.35. The summed E-state index contributed by atoms with van der Waals surface area (Å²) in [5.74, 6) is 3.01. The minimum absolute atomic E-state index is 0.838. The molecular formula is C10H21NS. The Morgan fingerprint density at radius 2 is 2.00 bits per heavy atom. The van der Waals surface area contributed by atoms with Crippen molar-refractivity contribution in [2.24, 2.45) is 17.6 Å². The summed E-state index contributed by atoms with van der Waals surface area (Å²) in [5.41, 5.74) is 5.49. The molecule has 0 amide bonds. The summed E-state index contributed by atoms with van der Waals surface area (Å²) in [5, 5.41) is 0.903. The van der Waals surface area contributed by atoms with Gasteiger partial charge in [-0.05, 0) is 31.1 Å². The Morgan fingerprint density at radius 1 is 1.25 bits per heavy atom. The SMILES string of the molecule is CC1CCC(SCCN)CC1C. The zero-order chi connectivity index (χ0) is 8.97. The van der Waals surface area contributed by atoms with Gasteiger partial charge in [0.25, 0.3) is 0 Å². The maximum atomic E-state index is 5.49. The summed E-state index contributed by atoms with van der Waals surface area (Å²) in [7, 11) is 0. The van der Waals surface area contributed by atoms with Crippen molar-refractivity contribution < 1.29 is 0 Å². The van der Waals surface area contributed by atoms with Gasteiger partial charge in [0, 0.05) is 17.5 Å². The van der Waals surface area contributed by atoms with Crippen LogP contribution in [0, 0.1) is 11.8 Å². The topological polar surface area (TPSA) is 26.0 Å². The Morgan fingerprint density at radius 3 is 2.58 bits per heavy atom. The monoisotopic (exact) mass is 187 g/mol. The van der Waals surface area contributed by atoms with E-state index in [-0.39, 0.29) is 0 Å². The van der Waals surface area contributed by atoms with Gasteiger partial charge in [-0.15, -0.1) is 0 Å². The smallest absolute Gasteiger partial charge is 0.00586 e. The third-order valence-corrected chi connectivity index (χ3v) is 4.39. The molecule has 12 heavy (non-hydrogen) atoms. The summed E-state index contributed by atoms with van der Waals surface area (Å²) < 4.78 is 0. The molecule has 1 rings (SSSR count). The predicted octanol–water partition coefficient (Wildman–Crippen LogP) is 2.50. The van der Waals surface area contributed by atoms with Gasteiger partial charge in [0.2, 0.25) is 0 Å². The molecular weight excluding hydrogens is 166 g/mol. The van der Waals surface area contributed by atoms with Crippen molar-refractivity contribution >= 4 is 11.8 Å². The maximum absolute atomic E-state index is 5.49. The lowest BCUT2D eigenvalue weighted by Crippen LogP contribution is -2.23. The second-order valence-electron chi connectivity index (χ2n) is 4.05. The summed E-state index contributed by atoms with van der Waals surface area (Å²) >= 11 is 2.08. The molecule has 0 radical (unpaired) electrons. The Hall–Kier alpha value is 0.310. The van der Waals surface area contributed by atoms with E-state index in [1.165, 1.54) is 19.3 Å². The van der Waals surface area contributed by atoms with Crippen molar-refractivity contribution in [3.05, 3.63) is 0 Å². The molecule has 0 spiro atoms. The molecule has 1 aliphatic rings. The van der Waals surface area contributed by atoms with Crippen molar-refractivity contribution in [2.75, 3.05) is 12.3 Å². The van der Waals surface area contributed by atoms with Gasteiger partial charge in [-0.1, -0.05) is 13.8 Å². The summed E-state index contributed by atoms with van der Waals surface area (Å²) in [6, 6.07) is 0. The molecule has 0 saturated heterocycles. The number of hydrogen-bond acceptors (Lipinski definition) is 2. The molecule has 1 aliphatic carbocycles. The van der Waals surface area contributed by atoms with E-state index in [1.54, 1.807) is 0 Å². The zero-order valence-corrected chi connectivity index (χ0v) is 9.07.